The molecule has 0 amide bonds. The molecule has 1 N–H and O–H groups in total. The fraction of sp³-hybridized carbons (Fsp3) is 0.318. The van der Waals surface area contributed by atoms with Gasteiger partial charge in [0.1, 0.15) is 5.75 Å². The molecule has 1 fully saturated rings. The summed E-state index contributed by atoms with van der Waals surface area (Å²) in [6, 6.07) is 11.5. The monoisotopic (exact) mass is 424 g/mol. The second kappa shape index (κ2) is 7.65. The fourth-order valence-corrected chi connectivity index (χ4v) is 4.37. The zero-order valence-electron chi connectivity index (χ0n) is 16.5. The maximum atomic E-state index is 12.5. The summed E-state index contributed by atoms with van der Waals surface area (Å²) in [5.41, 5.74) is 3.35. The Morgan fingerprint density at radius 2 is 2.07 bits per heavy atom. The zero-order valence-corrected chi connectivity index (χ0v) is 17.3. The Morgan fingerprint density at radius 1 is 1.23 bits per heavy atom. The van der Waals surface area contributed by atoms with Gasteiger partial charge < -0.3 is 14.2 Å². The Balaban J connectivity index is 1.37. The van der Waals surface area contributed by atoms with Crippen LogP contribution >= 0.6 is 11.6 Å². The first kappa shape index (κ1) is 18.9. The van der Waals surface area contributed by atoms with Gasteiger partial charge >= 0.3 is 5.69 Å². The highest BCUT2D eigenvalue weighted by atomic mass is 35.5. The van der Waals surface area contributed by atoms with Crippen molar-refractivity contribution >= 4 is 22.6 Å². The average molecular weight is 425 g/mol. The number of nitrogens with one attached hydrogen (secondary N) is 1. The fourth-order valence-electron chi connectivity index (χ4n) is 4.14. The molecular formula is C22H21ClN4O3. The van der Waals surface area contributed by atoms with E-state index in [0.717, 1.165) is 35.0 Å². The van der Waals surface area contributed by atoms with Crippen LogP contribution in [0.25, 0.3) is 22.4 Å². The minimum absolute atomic E-state index is 0.0606. The lowest BCUT2D eigenvalue weighted by atomic mass is 10.1. The summed E-state index contributed by atoms with van der Waals surface area (Å²) in [6.45, 7) is 2.08. The number of hydrogen-bond donors (Lipinski definition) is 1. The normalized spacial score (nSPS) is 14.6. The number of nitrogens with zero attached hydrogens (tertiary/aromatic N) is 3. The Hall–Kier alpha value is -3.06. The smallest absolute Gasteiger partial charge is 0.326 e. The first-order valence-corrected chi connectivity index (χ1v) is 10.4. The number of hydrogen-bond acceptors (Lipinski definition) is 5. The van der Waals surface area contributed by atoms with Crippen molar-refractivity contribution in [3.63, 3.8) is 0 Å². The van der Waals surface area contributed by atoms with E-state index in [0.29, 0.717) is 22.5 Å². The second-order valence-electron chi connectivity index (χ2n) is 7.68. The summed E-state index contributed by atoms with van der Waals surface area (Å²) in [5.74, 6) is 1.54. The summed E-state index contributed by atoms with van der Waals surface area (Å²) in [7, 11) is 0. The lowest BCUT2D eigenvalue weighted by Gasteiger charge is -2.11. The Labute approximate surface area is 177 Å². The van der Waals surface area contributed by atoms with Gasteiger partial charge in [-0.3, -0.25) is 4.57 Å². The summed E-state index contributed by atoms with van der Waals surface area (Å²) < 4.78 is 13.0. The summed E-state index contributed by atoms with van der Waals surface area (Å²) in [4.78, 5) is 19.9. The predicted octanol–water partition coefficient (Wildman–Crippen LogP) is 5.04. The molecule has 0 saturated heterocycles. The van der Waals surface area contributed by atoms with E-state index in [9.17, 15) is 4.79 Å². The molecule has 5 rings (SSSR count). The van der Waals surface area contributed by atoms with Crippen LogP contribution in [0.2, 0.25) is 5.02 Å². The zero-order chi connectivity index (χ0) is 20.7. The summed E-state index contributed by atoms with van der Waals surface area (Å²) in [5, 5.41) is 4.72. The first-order chi connectivity index (χ1) is 14.6. The maximum absolute atomic E-state index is 12.5. The van der Waals surface area contributed by atoms with Gasteiger partial charge in [-0.15, -0.1) is 0 Å². The highest BCUT2D eigenvalue weighted by Gasteiger charge is 2.21. The van der Waals surface area contributed by atoms with Crippen LogP contribution in [0.4, 0.5) is 0 Å². The molecule has 0 atom stereocenters. The van der Waals surface area contributed by atoms with Crippen molar-refractivity contribution in [3.05, 3.63) is 63.4 Å². The highest BCUT2D eigenvalue weighted by molar-refractivity contribution is 6.30. The van der Waals surface area contributed by atoms with E-state index in [1.165, 1.54) is 12.8 Å². The van der Waals surface area contributed by atoms with Gasteiger partial charge in [-0.25, -0.2) is 4.79 Å². The van der Waals surface area contributed by atoms with Crippen molar-refractivity contribution < 1.29 is 9.26 Å². The van der Waals surface area contributed by atoms with Crippen LogP contribution < -0.4 is 10.4 Å². The molecule has 1 saturated carbocycles. The quantitative estimate of drug-likeness (QED) is 0.485. The summed E-state index contributed by atoms with van der Waals surface area (Å²) >= 11 is 5.97. The third-order valence-electron chi connectivity index (χ3n) is 5.62. The first-order valence-electron chi connectivity index (χ1n) is 10.0. The van der Waals surface area contributed by atoms with E-state index >= 15 is 0 Å². The molecule has 0 aliphatic heterocycles. The van der Waals surface area contributed by atoms with Crippen LogP contribution in [0.1, 0.15) is 43.2 Å². The van der Waals surface area contributed by atoms with Crippen LogP contribution in [0, 0.1) is 6.92 Å². The number of aromatic nitrogens is 4. The van der Waals surface area contributed by atoms with Crippen LogP contribution in [0.15, 0.2) is 45.7 Å². The largest absolute Gasteiger partial charge is 0.483 e. The number of halogens is 1. The third-order valence-corrected chi connectivity index (χ3v) is 5.86. The van der Waals surface area contributed by atoms with Gasteiger partial charge in [-0.1, -0.05) is 29.6 Å². The standard InChI is InChI=1S/C22H21ClN4O3/c1-13-10-15(23)7-9-19(13)29-12-20-25-21(26-30-20)14-6-8-18-17(11-14)24-22(28)27(18)16-4-2-3-5-16/h6-11,16H,2-5,12H2,1H3,(H,24,28). The SMILES string of the molecule is Cc1cc(Cl)ccc1OCc1nc(-c2ccc3c(c2)[nH]c(=O)n3C2CCCC2)no1. The number of aryl methyl sites for hydroxylation is 1. The number of H-pyrrole nitrogens is 1. The number of aromatic amines is 1. The molecule has 2 aromatic heterocycles. The number of rotatable bonds is 5. The number of benzene rings is 2. The highest BCUT2D eigenvalue weighted by Crippen LogP contribution is 2.31. The molecule has 7 nitrogen and oxygen atoms in total. The van der Waals surface area contributed by atoms with E-state index in [1.54, 1.807) is 6.07 Å². The van der Waals surface area contributed by atoms with Crippen molar-refractivity contribution in [3.8, 4) is 17.1 Å². The molecule has 0 radical (unpaired) electrons. The maximum Gasteiger partial charge on any atom is 0.326 e. The number of ether oxygens (including phenoxy) is 1. The Kier molecular flexibility index (Phi) is 4.83. The van der Waals surface area contributed by atoms with Crippen molar-refractivity contribution in [1.29, 1.82) is 0 Å². The van der Waals surface area contributed by atoms with Gasteiger partial charge in [0.05, 0.1) is 11.0 Å². The van der Waals surface area contributed by atoms with Crippen LogP contribution in [-0.4, -0.2) is 19.7 Å². The van der Waals surface area contributed by atoms with E-state index in [1.807, 2.05) is 41.8 Å². The molecule has 1 aliphatic carbocycles. The summed E-state index contributed by atoms with van der Waals surface area (Å²) in [6.07, 6.45) is 4.45. The molecule has 30 heavy (non-hydrogen) atoms. The molecule has 1 aliphatic rings. The lowest BCUT2D eigenvalue weighted by molar-refractivity contribution is 0.242. The van der Waals surface area contributed by atoms with Gasteiger partial charge in [-0.2, -0.15) is 4.98 Å². The van der Waals surface area contributed by atoms with Crippen LogP contribution in [-0.2, 0) is 6.61 Å². The van der Waals surface area contributed by atoms with E-state index in [4.69, 9.17) is 20.9 Å². The molecule has 0 unspecified atom stereocenters. The topological polar surface area (TPSA) is 85.9 Å². The lowest BCUT2D eigenvalue weighted by Crippen LogP contribution is -2.20. The predicted molar refractivity (Wildman–Crippen MR) is 114 cm³/mol. The average Bonchev–Trinajstić information content (AvgIpc) is 3.46. The van der Waals surface area contributed by atoms with Gasteiger partial charge in [0.2, 0.25) is 5.82 Å². The van der Waals surface area contributed by atoms with E-state index in [2.05, 4.69) is 15.1 Å². The van der Waals surface area contributed by atoms with E-state index in [-0.39, 0.29) is 18.3 Å². The molecular weight excluding hydrogens is 404 g/mol. The van der Waals surface area contributed by atoms with Crippen LogP contribution in [0.3, 0.4) is 0 Å². The van der Waals surface area contributed by atoms with Gasteiger partial charge in [0.25, 0.3) is 5.89 Å². The van der Waals surface area contributed by atoms with Crippen molar-refractivity contribution in [2.75, 3.05) is 0 Å². The molecule has 8 heteroatoms. The molecule has 2 aromatic carbocycles. The molecule has 4 aromatic rings. The number of fused-ring (bicyclic) bond motifs is 1. The molecule has 0 spiro atoms. The van der Waals surface area contributed by atoms with Crippen molar-refractivity contribution in [2.24, 2.45) is 0 Å². The van der Waals surface area contributed by atoms with Gasteiger partial charge in [-0.05, 0) is 61.7 Å². The third kappa shape index (κ3) is 3.50. The molecule has 154 valence electrons. The second-order valence-corrected chi connectivity index (χ2v) is 8.12. The molecule has 2 heterocycles. The van der Waals surface area contributed by atoms with Crippen molar-refractivity contribution in [2.45, 2.75) is 45.3 Å². The number of imidazole rings is 1. The minimum atomic E-state index is -0.0606. The van der Waals surface area contributed by atoms with Crippen LogP contribution in [0.5, 0.6) is 5.75 Å². The van der Waals surface area contributed by atoms with E-state index < -0.39 is 0 Å². The van der Waals surface area contributed by atoms with Crippen molar-refractivity contribution in [1.82, 2.24) is 19.7 Å². The Morgan fingerprint density at radius 3 is 2.87 bits per heavy atom. The van der Waals surface area contributed by atoms with Gasteiger partial charge in [0, 0.05) is 16.6 Å². The Bertz CT molecular complexity index is 1270. The minimum Gasteiger partial charge on any atom is -0.483 e. The molecule has 0 bridgehead atoms. The van der Waals surface area contributed by atoms with Gasteiger partial charge in [0.15, 0.2) is 6.61 Å².